The van der Waals surface area contributed by atoms with E-state index in [1.165, 1.54) is 6.07 Å². The molecular weight excluding hydrogens is 345 g/mol. The van der Waals surface area contributed by atoms with Crippen LogP contribution in [0.3, 0.4) is 0 Å². The molecule has 8 heteroatoms. The number of rotatable bonds is 6. The molecule has 1 atom stereocenters. The van der Waals surface area contributed by atoms with Crippen LogP contribution < -0.4 is 10.6 Å². The largest absolute Gasteiger partial charge is 0.416 e. The van der Waals surface area contributed by atoms with Gasteiger partial charge in [-0.15, -0.1) is 0 Å². The first kappa shape index (κ1) is 18.4. The molecule has 0 bridgehead atoms. The number of alkyl halides is 3. The minimum Gasteiger partial charge on any atom is -0.394 e. The molecule has 0 saturated heterocycles. The average Bonchev–Trinajstić information content (AvgIpc) is 3.40. The van der Waals surface area contributed by atoms with Gasteiger partial charge < -0.3 is 15.7 Å². The van der Waals surface area contributed by atoms with E-state index in [9.17, 15) is 18.3 Å². The number of nitrogens with zero attached hydrogens (tertiary/aromatic N) is 2. The van der Waals surface area contributed by atoms with Crippen molar-refractivity contribution >= 4 is 17.5 Å². The van der Waals surface area contributed by atoms with Crippen molar-refractivity contribution < 1.29 is 18.3 Å². The lowest BCUT2D eigenvalue weighted by molar-refractivity contribution is -0.137. The van der Waals surface area contributed by atoms with Gasteiger partial charge in [0.2, 0.25) is 5.95 Å². The van der Waals surface area contributed by atoms with E-state index in [2.05, 4.69) is 20.6 Å². The molecular formula is C18H21F3N4O. The number of nitrogens with one attached hydrogen (secondary N) is 2. The first-order valence-corrected chi connectivity index (χ1v) is 8.47. The van der Waals surface area contributed by atoms with Crippen molar-refractivity contribution in [2.45, 2.75) is 44.8 Å². The van der Waals surface area contributed by atoms with E-state index in [4.69, 9.17) is 0 Å². The van der Waals surface area contributed by atoms with Gasteiger partial charge >= 0.3 is 6.18 Å². The summed E-state index contributed by atoms with van der Waals surface area (Å²) >= 11 is 0. The van der Waals surface area contributed by atoms with Gasteiger partial charge in [0, 0.05) is 23.7 Å². The van der Waals surface area contributed by atoms with E-state index in [0.29, 0.717) is 28.9 Å². The number of anilines is 3. The summed E-state index contributed by atoms with van der Waals surface area (Å²) in [5.74, 6) is 1.13. The zero-order chi connectivity index (χ0) is 18.9. The lowest BCUT2D eigenvalue weighted by Gasteiger charge is -2.16. The van der Waals surface area contributed by atoms with Crippen molar-refractivity contribution in [1.82, 2.24) is 9.97 Å². The Bertz CT molecular complexity index is 790. The molecule has 3 rings (SSSR count). The smallest absolute Gasteiger partial charge is 0.394 e. The van der Waals surface area contributed by atoms with Crippen molar-refractivity contribution in [2.24, 2.45) is 0 Å². The van der Waals surface area contributed by atoms with Gasteiger partial charge in [0.1, 0.15) is 5.82 Å². The minimum absolute atomic E-state index is 0.0769. The van der Waals surface area contributed by atoms with E-state index in [-0.39, 0.29) is 12.6 Å². The molecule has 1 saturated carbocycles. The van der Waals surface area contributed by atoms with Crippen LogP contribution in [0.4, 0.5) is 30.6 Å². The fraction of sp³-hybridized carbons (Fsp3) is 0.444. The van der Waals surface area contributed by atoms with Crippen LogP contribution in [0, 0.1) is 6.92 Å². The fourth-order valence-electron chi connectivity index (χ4n) is 2.52. The summed E-state index contributed by atoms with van der Waals surface area (Å²) in [7, 11) is 0. The number of aliphatic hydroxyl groups excluding tert-OH is 1. The molecule has 1 aromatic heterocycles. The second kappa shape index (κ2) is 7.11. The maximum atomic E-state index is 13.0. The van der Waals surface area contributed by atoms with E-state index in [0.717, 1.165) is 30.7 Å². The van der Waals surface area contributed by atoms with Crippen LogP contribution in [-0.2, 0) is 6.18 Å². The van der Waals surface area contributed by atoms with Crippen LogP contribution in [-0.4, -0.2) is 27.7 Å². The number of hydrogen-bond donors (Lipinski definition) is 3. The van der Waals surface area contributed by atoms with E-state index in [1.54, 1.807) is 19.9 Å². The van der Waals surface area contributed by atoms with Crippen LogP contribution in [0.25, 0.3) is 0 Å². The Kier molecular flexibility index (Phi) is 5.04. The molecule has 1 aromatic carbocycles. The van der Waals surface area contributed by atoms with Gasteiger partial charge in [0.05, 0.1) is 17.9 Å². The summed E-state index contributed by atoms with van der Waals surface area (Å²) < 4.78 is 38.9. The van der Waals surface area contributed by atoms with Gasteiger partial charge in [-0.2, -0.15) is 18.2 Å². The standard InChI is InChI=1S/C18H21F3N4O/c1-10-3-6-13(18(19,20)21)7-14(10)23-16-8-15(12-4-5-12)24-17(25-16)22-11(2)9-26/h3,6-8,11-12,26H,4-5,9H2,1-2H3,(H2,22,23,24,25)/t11-/m1/s1. The summed E-state index contributed by atoms with van der Waals surface area (Å²) in [5, 5.41) is 15.2. The third kappa shape index (κ3) is 4.43. The second-order valence-corrected chi connectivity index (χ2v) is 6.66. The molecule has 0 amide bonds. The highest BCUT2D eigenvalue weighted by molar-refractivity contribution is 5.63. The number of hydrogen-bond acceptors (Lipinski definition) is 5. The summed E-state index contributed by atoms with van der Waals surface area (Å²) in [4.78, 5) is 8.78. The molecule has 3 N–H and O–H groups in total. The second-order valence-electron chi connectivity index (χ2n) is 6.66. The third-order valence-corrected chi connectivity index (χ3v) is 4.22. The minimum atomic E-state index is -4.40. The highest BCUT2D eigenvalue weighted by Crippen LogP contribution is 2.40. The van der Waals surface area contributed by atoms with E-state index in [1.807, 2.05) is 0 Å². The maximum Gasteiger partial charge on any atom is 0.416 e. The van der Waals surface area contributed by atoms with E-state index >= 15 is 0 Å². The Hall–Kier alpha value is -2.35. The quantitative estimate of drug-likeness (QED) is 0.714. The van der Waals surface area contributed by atoms with Crippen molar-refractivity contribution in [3.8, 4) is 0 Å². The Labute approximate surface area is 149 Å². The van der Waals surface area contributed by atoms with Crippen LogP contribution >= 0.6 is 0 Å². The summed E-state index contributed by atoms with van der Waals surface area (Å²) in [6.45, 7) is 3.45. The molecule has 2 aromatic rings. The Morgan fingerprint density at radius 1 is 1.23 bits per heavy atom. The predicted molar refractivity (Wildman–Crippen MR) is 93.6 cm³/mol. The number of aliphatic hydroxyl groups is 1. The topological polar surface area (TPSA) is 70.1 Å². The third-order valence-electron chi connectivity index (χ3n) is 4.22. The SMILES string of the molecule is Cc1ccc(C(F)(F)F)cc1Nc1cc(C2CC2)nc(N[C@H](C)CO)n1. The molecule has 1 aliphatic carbocycles. The van der Waals surface area contributed by atoms with Crippen molar-refractivity contribution in [3.63, 3.8) is 0 Å². The highest BCUT2D eigenvalue weighted by atomic mass is 19.4. The summed E-state index contributed by atoms with van der Waals surface area (Å²) in [6.07, 6.45) is -2.33. The molecule has 1 fully saturated rings. The van der Waals surface area contributed by atoms with Gasteiger partial charge in [-0.05, 0) is 44.4 Å². The first-order valence-electron chi connectivity index (χ1n) is 8.47. The zero-order valence-electron chi connectivity index (χ0n) is 14.6. The normalized spacial score (nSPS) is 15.6. The van der Waals surface area contributed by atoms with Crippen molar-refractivity contribution in [1.29, 1.82) is 0 Å². The lowest BCUT2D eigenvalue weighted by Crippen LogP contribution is -2.21. The Morgan fingerprint density at radius 3 is 2.58 bits per heavy atom. The van der Waals surface area contributed by atoms with Gasteiger partial charge in [0.25, 0.3) is 0 Å². The maximum absolute atomic E-state index is 13.0. The molecule has 1 heterocycles. The number of aromatic nitrogens is 2. The molecule has 26 heavy (non-hydrogen) atoms. The molecule has 0 spiro atoms. The monoisotopic (exact) mass is 366 g/mol. The molecule has 140 valence electrons. The number of benzene rings is 1. The Balaban J connectivity index is 1.91. The zero-order valence-corrected chi connectivity index (χ0v) is 14.6. The summed E-state index contributed by atoms with van der Waals surface area (Å²) in [5.41, 5.74) is 1.17. The predicted octanol–water partition coefficient (Wildman–Crippen LogP) is 4.22. The van der Waals surface area contributed by atoms with Gasteiger partial charge in [0.15, 0.2) is 0 Å². The van der Waals surface area contributed by atoms with E-state index < -0.39 is 11.7 Å². The lowest BCUT2D eigenvalue weighted by atomic mass is 10.1. The van der Waals surface area contributed by atoms with Crippen molar-refractivity contribution in [3.05, 3.63) is 41.1 Å². The van der Waals surface area contributed by atoms with Crippen LogP contribution in [0.5, 0.6) is 0 Å². The van der Waals surface area contributed by atoms with Crippen LogP contribution in [0.1, 0.15) is 42.5 Å². The number of halogens is 3. The Morgan fingerprint density at radius 2 is 1.96 bits per heavy atom. The first-order chi connectivity index (χ1) is 12.3. The van der Waals surface area contributed by atoms with Crippen LogP contribution in [0.15, 0.2) is 24.3 Å². The molecule has 1 aliphatic rings. The average molecular weight is 366 g/mol. The highest BCUT2D eigenvalue weighted by Gasteiger charge is 2.31. The molecule has 0 aliphatic heterocycles. The van der Waals surface area contributed by atoms with Gasteiger partial charge in [-0.25, -0.2) is 4.98 Å². The number of aryl methyl sites for hydroxylation is 1. The summed E-state index contributed by atoms with van der Waals surface area (Å²) in [6, 6.07) is 5.12. The van der Waals surface area contributed by atoms with Crippen LogP contribution in [0.2, 0.25) is 0 Å². The molecule has 0 unspecified atom stereocenters. The molecule has 0 radical (unpaired) electrons. The van der Waals surface area contributed by atoms with Gasteiger partial charge in [-0.1, -0.05) is 6.07 Å². The fourth-order valence-corrected chi connectivity index (χ4v) is 2.52. The molecule has 5 nitrogen and oxygen atoms in total. The van der Waals surface area contributed by atoms with Gasteiger partial charge in [-0.3, -0.25) is 0 Å². The van der Waals surface area contributed by atoms with Crippen molar-refractivity contribution in [2.75, 3.05) is 17.2 Å².